The maximum atomic E-state index is 14.3. The van der Waals surface area contributed by atoms with Crippen LogP contribution in [0.1, 0.15) is 47.3 Å². The lowest BCUT2D eigenvalue weighted by atomic mass is 9.63. The van der Waals surface area contributed by atoms with Gasteiger partial charge in [-0.2, -0.15) is 10.4 Å². The van der Waals surface area contributed by atoms with E-state index >= 15 is 0 Å². The average Bonchev–Trinajstić information content (AvgIpc) is 3.43. The molecule has 0 aliphatic heterocycles. The minimum Gasteiger partial charge on any atom is -0.478 e. The molecule has 0 atom stereocenters. The van der Waals surface area contributed by atoms with E-state index in [4.69, 9.17) is 0 Å². The monoisotopic (exact) mass is 478 g/mol. The normalized spacial score (nSPS) is 14.6. The third-order valence-corrected chi connectivity index (χ3v) is 7.58. The second-order valence-electron chi connectivity index (χ2n) is 9.67. The highest BCUT2D eigenvalue weighted by molar-refractivity contribution is 6.06. The van der Waals surface area contributed by atoms with Crippen molar-refractivity contribution in [1.82, 2.24) is 14.8 Å². The summed E-state index contributed by atoms with van der Waals surface area (Å²) >= 11 is 0. The first-order valence-electron chi connectivity index (χ1n) is 11.9. The van der Waals surface area contributed by atoms with Crippen LogP contribution in [-0.2, 0) is 5.41 Å². The number of nitrogens with zero attached hydrogens (tertiary/aromatic N) is 3. The minimum absolute atomic E-state index is 0.213. The Morgan fingerprint density at radius 3 is 2.61 bits per heavy atom. The van der Waals surface area contributed by atoms with Crippen LogP contribution in [-0.4, -0.2) is 25.8 Å². The lowest BCUT2D eigenvalue weighted by molar-refractivity contribution is 0.0697. The fourth-order valence-corrected chi connectivity index (χ4v) is 5.59. The summed E-state index contributed by atoms with van der Waals surface area (Å²) in [4.78, 5) is 11.5. The number of carboxylic acid groups (broad SMARTS) is 1. The molecule has 3 aromatic carbocycles. The molecule has 178 valence electrons. The van der Waals surface area contributed by atoms with Crippen LogP contribution in [0.2, 0.25) is 0 Å². The van der Waals surface area contributed by atoms with Crippen LogP contribution < -0.4 is 0 Å². The van der Waals surface area contributed by atoms with Gasteiger partial charge in [0.05, 0.1) is 28.9 Å². The van der Waals surface area contributed by atoms with Crippen LogP contribution in [0, 0.1) is 24.1 Å². The first kappa shape index (κ1) is 22.1. The molecule has 6 nitrogen and oxygen atoms in total. The molecule has 0 radical (unpaired) electrons. The van der Waals surface area contributed by atoms with E-state index in [-0.39, 0.29) is 16.8 Å². The standard InChI is InChI=1S/C29H23FN4O2/c1-17-13-21(7-8-23(17)30)34-25-14-20-16-32-33-24(20)15-22(25)26(18-3-5-19(6-4-18)28(35)36)27(34)29(11-12-31)9-2-10-29/h3-8,13-16H,2,9-11H2,1H3,(H,32,33)(H,35,36). The largest absolute Gasteiger partial charge is 0.478 e. The molecule has 0 unspecified atom stereocenters. The van der Waals surface area contributed by atoms with Crippen LogP contribution in [0.15, 0.2) is 60.8 Å². The summed E-state index contributed by atoms with van der Waals surface area (Å²) in [5, 5.41) is 28.4. The highest BCUT2D eigenvalue weighted by atomic mass is 19.1. The molecule has 1 saturated carbocycles. The van der Waals surface area contributed by atoms with E-state index in [9.17, 15) is 19.6 Å². The number of aromatic amines is 1. The lowest BCUT2D eigenvalue weighted by Gasteiger charge is -2.42. The van der Waals surface area contributed by atoms with Gasteiger partial charge in [-0.15, -0.1) is 0 Å². The minimum atomic E-state index is -0.981. The van der Waals surface area contributed by atoms with Gasteiger partial charge in [0, 0.05) is 39.6 Å². The Labute approximate surface area is 206 Å². The van der Waals surface area contributed by atoms with Crippen LogP contribution >= 0.6 is 0 Å². The number of aromatic carboxylic acids is 1. The van der Waals surface area contributed by atoms with Crippen molar-refractivity contribution in [1.29, 1.82) is 5.26 Å². The number of H-pyrrole nitrogens is 1. The van der Waals surface area contributed by atoms with Gasteiger partial charge in [-0.05, 0) is 73.4 Å². The second-order valence-corrected chi connectivity index (χ2v) is 9.67. The van der Waals surface area contributed by atoms with E-state index in [0.717, 1.165) is 63.6 Å². The number of carboxylic acids is 1. The van der Waals surface area contributed by atoms with Crippen molar-refractivity contribution in [3.05, 3.63) is 83.4 Å². The van der Waals surface area contributed by atoms with Crippen LogP contribution in [0.25, 0.3) is 38.6 Å². The first-order chi connectivity index (χ1) is 17.4. The number of carbonyl (C=O) groups is 1. The van der Waals surface area contributed by atoms with Crippen molar-refractivity contribution in [2.45, 2.75) is 38.0 Å². The zero-order valence-corrected chi connectivity index (χ0v) is 19.7. The number of fused-ring (bicyclic) bond motifs is 2. The summed E-state index contributed by atoms with van der Waals surface area (Å²) < 4.78 is 16.5. The van der Waals surface area contributed by atoms with Crippen LogP contribution in [0.5, 0.6) is 0 Å². The zero-order chi connectivity index (χ0) is 25.0. The van der Waals surface area contributed by atoms with Crippen molar-refractivity contribution >= 4 is 27.8 Å². The molecule has 7 heteroatoms. The Kier molecular flexibility index (Phi) is 4.94. The molecule has 2 heterocycles. The van der Waals surface area contributed by atoms with E-state index in [2.05, 4.69) is 33.0 Å². The number of aromatic nitrogens is 3. The van der Waals surface area contributed by atoms with E-state index in [1.165, 1.54) is 6.07 Å². The van der Waals surface area contributed by atoms with E-state index in [1.54, 1.807) is 31.3 Å². The second kappa shape index (κ2) is 8.06. The van der Waals surface area contributed by atoms with E-state index in [1.807, 2.05) is 18.2 Å². The summed E-state index contributed by atoms with van der Waals surface area (Å²) in [5.74, 6) is -1.25. The number of hydrogen-bond acceptors (Lipinski definition) is 3. The van der Waals surface area contributed by atoms with Gasteiger partial charge >= 0.3 is 5.97 Å². The third-order valence-electron chi connectivity index (χ3n) is 7.58. The molecule has 0 saturated heterocycles. The molecular formula is C29H23FN4O2. The van der Waals surface area contributed by atoms with E-state index < -0.39 is 5.97 Å². The van der Waals surface area contributed by atoms with Gasteiger partial charge in [-0.25, -0.2) is 9.18 Å². The molecule has 2 aromatic heterocycles. The topological polar surface area (TPSA) is 94.7 Å². The zero-order valence-electron chi connectivity index (χ0n) is 19.7. The first-order valence-corrected chi connectivity index (χ1v) is 11.9. The van der Waals surface area contributed by atoms with Gasteiger partial charge in [-0.3, -0.25) is 5.10 Å². The maximum Gasteiger partial charge on any atom is 0.335 e. The number of benzene rings is 3. The predicted molar refractivity (Wildman–Crippen MR) is 136 cm³/mol. The molecule has 1 fully saturated rings. The number of nitriles is 1. The Balaban J connectivity index is 1.77. The summed E-state index contributed by atoms with van der Waals surface area (Å²) in [5.41, 5.74) is 5.90. The van der Waals surface area contributed by atoms with Crippen LogP contribution in [0.3, 0.4) is 0 Å². The number of rotatable bonds is 5. The highest BCUT2D eigenvalue weighted by Crippen LogP contribution is 2.53. The summed E-state index contributed by atoms with van der Waals surface area (Å²) in [7, 11) is 0. The fourth-order valence-electron chi connectivity index (χ4n) is 5.59. The quantitative estimate of drug-likeness (QED) is 0.295. The Bertz CT molecular complexity index is 1700. The Morgan fingerprint density at radius 2 is 1.97 bits per heavy atom. The third kappa shape index (κ3) is 3.22. The van der Waals surface area contributed by atoms with Gasteiger partial charge in [-0.1, -0.05) is 18.6 Å². The van der Waals surface area contributed by atoms with Gasteiger partial charge in [0.15, 0.2) is 0 Å². The molecule has 2 N–H and O–H groups in total. The van der Waals surface area contributed by atoms with Crippen molar-refractivity contribution in [3.63, 3.8) is 0 Å². The molecule has 1 aliphatic carbocycles. The smallest absolute Gasteiger partial charge is 0.335 e. The molecule has 6 rings (SSSR count). The average molecular weight is 479 g/mol. The van der Waals surface area contributed by atoms with Crippen molar-refractivity contribution in [2.24, 2.45) is 0 Å². The molecular weight excluding hydrogens is 455 g/mol. The molecule has 1 aliphatic rings. The number of halogens is 1. The summed E-state index contributed by atoms with van der Waals surface area (Å²) in [6, 6.07) is 18.5. The van der Waals surface area contributed by atoms with Gasteiger partial charge in [0.1, 0.15) is 5.82 Å². The Hall–Kier alpha value is -4.44. The summed E-state index contributed by atoms with van der Waals surface area (Å²) in [6.07, 6.45) is 4.90. The van der Waals surface area contributed by atoms with Gasteiger partial charge in [0.25, 0.3) is 0 Å². The van der Waals surface area contributed by atoms with Gasteiger partial charge in [0.2, 0.25) is 0 Å². The number of aryl methyl sites for hydroxylation is 1. The lowest BCUT2D eigenvalue weighted by Crippen LogP contribution is -2.36. The molecule has 5 aromatic rings. The van der Waals surface area contributed by atoms with Crippen molar-refractivity contribution in [2.75, 3.05) is 0 Å². The SMILES string of the molecule is Cc1cc(-n2c(C3(CC#N)CCC3)c(-c3ccc(C(=O)O)cc3)c3cc4[nH]ncc4cc32)ccc1F. The van der Waals surface area contributed by atoms with E-state index in [0.29, 0.717) is 12.0 Å². The van der Waals surface area contributed by atoms with Crippen molar-refractivity contribution in [3.8, 4) is 22.9 Å². The summed E-state index contributed by atoms with van der Waals surface area (Å²) in [6.45, 7) is 1.75. The molecule has 36 heavy (non-hydrogen) atoms. The number of hydrogen-bond donors (Lipinski definition) is 2. The maximum absolute atomic E-state index is 14.3. The molecule has 0 spiro atoms. The Morgan fingerprint density at radius 1 is 1.19 bits per heavy atom. The fraction of sp³-hybridized carbons (Fsp3) is 0.207. The molecule has 0 bridgehead atoms. The highest BCUT2D eigenvalue weighted by Gasteiger charge is 2.44. The number of nitrogens with one attached hydrogen (secondary N) is 1. The predicted octanol–water partition coefficient (Wildman–Crippen LogP) is 6.65. The molecule has 0 amide bonds. The van der Waals surface area contributed by atoms with Gasteiger partial charge < -0.3 is 9.67 Å². The van der Waals surface area contributed by atoms with Crippen LogP contribution in [0.4, 0.5) is 4.39 Å². The van der Waals surface area contributed by atoms with Crippen molar-refractivity contribution < 1.29 is 14.3 Å².